The first-order chi connectivity index (χ1) is 24.0. The highest BCUT2D eigenvalue weighted by Gasteiger charge is 2.15. The number of ether oxygens (including phenoxy) is 1. The van der Waals surface area contributed by atoms with Gasteiger partial charge in [-0.2, -0.15) is 0 Å². The Balaban J connectivity index is 1.08. The predicted molar refractivity (Wildman–Crippen MR) is 197 cm³/mol. The molecule has 0 atom stereocenters. The maximum absolute atomic E-state index is 13.5. The summed E-state index contributed by atoms with van der Waals surface area (Å²) >= 11 is 1.39. The van der Waals surface area contributed by atoms with Gasteiger partial charge in [0.2, 0.25) is 5.91 Å². The van der Waals surface area contributed by atoms with Gasteiger partial charge in [0, 0.05) is 21.8 Å². The molecule has 242 valence electrons. The molecule has 0 heterocycles. The van der Waals surface area contributed by atoms with Gasteiger partial charge >= 0.3 is 0 Å². The second kappa shape index (κ2) is 16.1. The Kier molecular flexibility index (Phi) is 10.8. The first-order valence-electron chi connectivity index (χ1n) is 15.7. The van der Waals surface area contributed by atoms with E-state index in [-0.39, 0.29) is 17.4 Å². The number of amides is 3. The van der Waals surface area contributed by atoms with E-state index in [1.807, 2.05) is 115 Å². The number of hydrogen-bond acceptors (Lipinski definition) is 5. The van der Waals surface area contributed by atoms with Crippen LogP contribution in [0.5, 0.6) is 5.75 Å². The minimum Gasteiger partial charge on any atom is -0.489 e. The first kappa shape index (κ1) is 32.8. The molecule has 0 aliphatic carbocycles. The van der Waals surface area contributed by atoms with Gasteiger partial charge in [0.15, 0.2) is 0 Å². The monoisotopic (exact) mass is 663 g/mol. The average Bonchev–Trinajstić information content (AvgIpc) is 3.14. The van der Waals surface area contributed by atoms with E-state index in [2.05, 4.69) is 16.0 Å². The van der Waals surface area contributed by atoms with E-state index in [1.54, 1.807) is 42.5 Å². The largest absolute Gasteiger partial charge is 0.489 e. The fourth-order valence-electron chi connectivity index (χ4n) is 4.96. The van der Waals surface area contributed by atoms with Crippen molar-refractivity contribution in [2.24, 2.45) is 0 Å². The van der Waals surface area contributed by atoms with Crippen LogP contribution in [0, 0.1) is 0 Å². The molecular formula is C41H33N3O4S. The molecule has 7 nitrogen and oxygen atoms in total. The normalized spacial score (nSPS) is 11.1. The summed E-state index contributed by atoms with van der Waals surface area (Å²) < 4.78 is 5.89. The molecule has 0 bridgehead atoms. The maximum Gasteiger partial charge on any atom is 0.272 e. The Morgan fingerprint density at radius 2 is 1.29 bits per heavy atom. The average molecular weight is 664 g/mol. The van der Waals surface area contributed by atoms with Crippen LogP contribution in [0.25, 0.3) is 16.8 Å². The van der Waals surface area contributed by atoms with Crippen LogP contribution in [0.15, 0.2) is 162 Å². The van der Waals surface area contributed by atoms with E-state index in [1.165, 1.54) is 11.8 Å². The summed E-state index contributed by atoms with van der Waals surface area (Å²) in [6, 6.07) is 46.9. The molecule has 49 heavy (non-hydrogen) atoms. The summed E-state index contributed by atoms with van der Waals surface area (Å²) in [7, 11) is 0. The van der Waals surface area contributed by atoms with Gasteiger partial charge < -0.3 is 20.7 Å². The predicted octanol–water partition coefficient (Wildman–Crippen LogP) is 8.56. The molecule has 0 saturated heterocycles. The van der Waals surface area contributed by atoms with Crippen LogP contribution >= 0.6 is 11.8 Å². The second-order valence-corrected chi connectivity index (χ2v) is 12.1. The third-order valence-corrected chi connectivity index (χ3v) is 8.50. The highest BCUT2D eigenvalue weighted by molar-refractivity contribution is 8.00. The van der Waals surface area contributed by atoms with Crippen LogP contribution in [0.3, 0.4) is 0 Å². The van der Waals surface area contributed by atoms with Crippen molar-refractivity contribution >= 4 is 57.7 Å². The van der Waals surface area contributed by atoms with Crippen molar-refractivity contribution in [2.75, 3.05) is 16.4 Å². The van der Waals surface area contributed by atoms with E-state index in [4.69, 9.17) is 4.74 Å². The number of nitrogens with one attached hydrogen (secondary N) is 3. The van der Waals surface area contributed by atoms with E-state index in [9.17, 15) is 14.4 Å². The number of anilines is 2. The summed E-state index contributed by atoms with van der Waals surface area (Å²) in [5.74, 6) is -0.0863. The molecule has 0 aliphatic rings. The molecule has 0 fully saturated rings. The molecule has 0 aliphatic heterocycles. The standard InChI is InChI=1S/C41H33N3O4S/c45-39(42-35-18-17-31-11-7-8-14-33(31)26-35)28-49-37-23-19-34(20-24-37)43-41(47)38(44-40(46)32-12-5-2-6-13-32)25-29-15-21-36(22-16-29)48-27-30-9-3-1-4-10-30/h1-26H,27-28H2,(H,42,45)(H,43,47)(H,44,46)/b38-25-. The van der Waals surface area contributed by atoms with Crippen molar-refractivity contribution in [1.82, 2.24) is 5.32 Å². The van der Waals surface area contributed by atoms with E-state index in [0.717, 1.165) is 26.9 Å². The number of carbonyl (C=O) groups excluding carboxylic acids is 3. The quantitative estimate of drug-likeness (QED) is 0.0901. The van der Waals surface area contributed by atoms with Gasteiger partial charge in [-0.05, 0) is 88.6 Å². The van der Waals surface area contributed by atoms with Gasteiger partial charge in [-0.1, -0.05) is 91.0 Å². The zero-order chi connectivity index (χ0) is 33.8. The number of benzene rings is 6. The lowest BCUT2D eigenvalue weighted by molar-refractivity contribution is -0.114. The molecule has 3 N–H and O–H groups in total. The third-order valence-electron chi connectivity index (χ3n) is 7.48. The Labute approximate surface area is 289 Å². The summed E-state index contributed by atoms with van der Waals surface area (Å²) in [6.45, 7) is 0.437. The summed E-state index contributed by atoms with van der Waals surface area (Å²) in [5.41, 5.74) is 3.56. The van der Waals surface area contributed by atoms with Gasteiger partial charge in [-0.15, -0.1) is 11.8 Å². The molecule has 0 saturated carbocycles. The van der Waals surface area contributed by atoms with Gasteiger partial charge in [-0.3, -0.25) is 14.4 Å². The maximum atomic E-state index is 13.5. The van der Waals surface area contributed by atoms with Crippen LogP contribution in [0.1, 0.15) is 21.5 Å². The molecule has 0 radical (unpaired) electrons. The molecule has 0 unspecified atom stereocenters. The lowest BCUT2D eigenvalue weighted by Gasteiger charge is -2.12. The number of rotatable bonds is 12. The summed E-state index contributed by atoms with van der Waals surface area (Å²) in [6.07, 6.45) is 1.62. The summed E-state index contributed by atoms with van der Waals surface area (Å²) in [5, 5.41) is 10.8. The second-order valence-electron chi connectivity index (χ2n) is 11.1. The minimum absolute atomic E-state index is 0.0793. The third kappa shape index (κ3) is 9.47. The van der Waals surface area contributed by atoms with Gasteiger partial charge in [0.05, 0.1) is 5.75 Å². The van der Waals surface area contributed by atoms with Gasteiger partial charge in [0.1, 0.15) is 18.1 Å². The molecule has 8 heteroatoms. The Bertz CT molecular complexity index is 2080. The Morgan fingerprint density at radius 1 is 0.633 bits per heavy atom. The fourth-order valence-corrected chi connectivity index (χ4v) is 5.65. The van der Waals surface area contributed by atoms with E-state index >= 15 is 0 Å². The molecular weight excluding hydrogens is 631 g/mol. The molecule has 6 rings (SSSR count). The van der Waals surface area contributed by atoms with Crippen molar-refractivity contribution in [3.8, 4) is 5.75 Å². The number of carbonyl (C=O) groups is 3. The van der Waals surface area contributed by atoms with Gasteiger partial charge in [-0.25, -0.2) is 0 Å². The van der Waals surface area contributed by atoms with Crippen LogP contribution in [-0.4, -0.2) is 23.5 Å². The van der Waals surface area contributed by atoms with Crippen LogP contribution in [0.4, 0.5) is 11.4 Å². The SMILES string of the molecule is O=C(CSc1ccc(NC(=O)/C(=C/c2ccc(OCc3ccccc3)cc2)NC(=O)c2ccccc2)cc1)Nc1ccc2ccccc2c1. The van der Waals surface area contributed by atoms with Gasteiger partial charge in [0.25, 0.3) is 11.8 Å². The topological polar surface area (TPSA) is 96.5 Å². The molecule has 3 amide bonds. The number of fused-ring (bicyclic) bond motifs is 1. The lowest BCUT2D eigenvalue weighted by Crippen LogP contribution is -2.30. The van der Waals surface area contributed by atoms with Crippen molar-refractivity contribution in [3.63, 3.8) is 0 Å². The van der Waals surface area contributed by atoms with E-state index < -0.39 is 11.8 Å². The van der Waals surface area contributed by atoms with Crippen molar-refractivity contribution in [2.45, 2.75) is 11.5 Å². The van der Waals surface area contributed by atoms with Crippen molar-refractivity contribution < 1.29 is 19.1 Å². The fraction of sp³-hybridized carbons (Fsp3) is 0.0488. The van der Waals surface area contributed by atoms with E-state index in [0.29, 0.717) is 29.2 Å². The smallest absolute Gasteiger partial charge is 0.272 e. The lowest BCUT2D eigenvalue weighted by atomic mass is 10.1. The van der Waals surface area contributed by atoms with Crippen LogP contribution in [0.2, 0.25) is 0 Å². The molecule has 6 aromatic carbocycles. The Morgan fingerprint density at radius 3 is 2.02 bits per heavy atom. The van der Waals surface area contributed by atoms with Crippen molar-refractivity contribution in [1.29, 1.82) is 0 Å². The molecule has 0 spiro atoms. The number of hydrogen-bond donors (Lipinski definition) is 3. The minimum atomic E-state index is -0.483. The zero-order valence-electron chi connectivity index (χ0n) is 26.5. The van der Waals surface area contributed by atoms with Crippen LogP contribution < -0.4 is 20.7 Å². The highest BCUT2D eigenvalue weighted by atomic mass is 32.2. The highest BCUT2D eigenvalue weighted by Crippen LogP contribution is 2.23. The first-order valence-corrected chi connectivity index (χ1v) is 16.6. The summed E-state index contributed by atoms with van der Waals surface area (Å²) in [4.78, 5) is 40.0. The van der Waals surface area contributed by atoms with Crippen LogP contribution in [-0.2, 0) is 16.2 Å². The zero-order valence-corrected chi connectivity index (χ0v) is 27.3. The Hall–Kier alpha value is -6.12. The number of thioether (sulfide) groups is 1. The molecule has 0 aromatic heterocycles. The molecule has 6 aromatic rings. The van der Waals surface area contributed by atoms with Crippen molar-refractivity contribution in [3.05, 3.63) is 174 Å².